The molecule has 2 aliphatic rings. The molecule has 1 aromatic rings. The molecule has 1 spiro atoms. The van der Waals surface area contributed by atoms with E-state index in [0.29, 0.717) is 11.6 Å². The monoisotopic (exact) mass is 269 g/mol. The molecule has 1 saturated carbocycles. The average Bonchev–Trinajstić information content (AvgIpc) is 2.81. The lowest BCUT2D eigenvalue weighted by atomic mass is 9.68. The molecule has 1 aliphatic heterocycles. The van der Waals surface area contributed by atoms with Crippen LogP contribution in [0.4, 0.5) is 0 Å². The summed E-state index contributed by atoms with van der Waals surface area (Å²) in [6.07, 6.45) is 6.13. The van der Waals surface area contributed by atoms with Crippen molar-refractivity contribution in [1.82, 2.24) is 14.1 Å². The highest BCUT2D eigenvalue weighted by Crippen LogP contribution is 2.51. The van der Waals surface area contributed by atoms with Crippen molar-refractivity contribution in [3.8, 4) is 0 Å². The van der Waals surface area contributed by atoms with Crippen LogP contribution in [-0.4, -0.2) is 35.1 Å². The van der Waals surface area contributed by atoms with Crippen LogP contribution in [0.25, 0.3) is 0 Å². The molecule has 1 unspecified atom stereocenters. The second-order valence-corrected chi connectivity index (χ2v) is 7.59. The van der Waals surface area contributed by atoms with E-state index < -0.39 is 10.0 Å². The zero-order valence-corrected chi connectivity index (χ0v) is 11.7. The van der Waals surface area contributed by atoms with Crippen LogP contribution < -0.4 is 0 Å². The SMILES string of the molecule is CC1CC2(CCC2)CN1S(=O)(=O)c1ccnn1C. The maximum atomic E-state index is 12.6. The lowest BCUT2D eigenvalue weighted by molar-refractivity contribution is 0.152. The number of aromatic nitrogens is 2. The minimum absolute atomic E-state index is 0.102. The van der Waals surface area contributed by atoms with E-state index in [9.17, 15) is 8.42 Å². The molecule has 2 heterocycles. The van der Waals surface area contributed by atoms with E-state index >= 15 is 0 Å². The van der Waals surface area contributed by atoms with Gasteiger partial charge in [0.25, 0.3) is 10.0 Å². The fourth-order valence-electron chi connectivity index (χ4n) is 3.38. The molecule has 0 aromatic carbocycles. The summed E-state index contributed by atoms with van der Waals surface area (Å²) in [5.41, 5.74) is 0.269. The zero-order chi connectivity index (χ0) is 13.0. The Labute approximate surface area is 108 Å². The van der Waals surface area contributed by atoms with Crippen molar-refractivity contribution < 1.29 is 8.42 Å². The Morgan fingerprint density at radius 3 is 2.61 bits per heavy atom. The lowest BCUT2D eigenvalue weighted by Crippen LogP contribution is -2.38. The molecule has 5 nitrogen and oxygen atoms in total. The van der Waals surface area contributed by atoms with Gasteiger partial charge in [-0.25, -0.2) is 8.42 Å². The van der Waals surface area contributed by atoms with Crippen LogP contribution in [0.1, 0.15) is 32.6 Å². The van der Waals surface area contributed by atoms with Crippen LogP contribution >= 0.6 is 0 Å². The topological polar surface area (TPSA) is 55.2 Å². The predicted octanol–water partition coefficient (Wildman–Crippen LogP) is 1.37. The van der Waals surface area contributed by atoms with Crippen LogP contribution in [0.5, 0.6) is 0 Å². The molecule has 0 amide bonds. The summed E-state index contributed by atoms with van der Waals surface area (Å²) in [5.74, 6) is 0. The third-order valence-electron chi connectivity index (χ3n) is 4.47. The molecule has 3 rings (SSSR count). The minimum Gasteiger partial charge on any atom is -0.256 e. The summed E-state index contributed by atoms with van der Waals surface area (Å²) in [5, 5.41) is 4.26. The smallest absolute Gasteiger partial charge is 0.256 e. The lowest BCUT2D eigenvalue weighted by Gasteiger charge is -2.37. The Hall–Kier alpha value is -0.880. The third-order valence-corrected chi connectivity index (χ3v) is 6.51. The third kappa shape index (κ3) is 1.62. The maximum Gasteiger partial charge on any atom is 0.260 e. The number of aryl methyl sites for hydroxylation is 1. The molecule has 0 bridgehead atoms. The first-order valence-electron chi connectivity index (χ1n) is 6.45. The fraction of sp³-hybridized carbons (Fsp3) is 0.750. The molecular weight excluding hydrogens is 250 g/mol. The highest BCUT2D eigenvalue weighted by Gasteiger charge is 2.50. The van der Waals surface area contributed by atoms with Crippen molar-refractivity contribution in [3.63, 3.8) is 0 Å². The van der Waals surface area contributed by atoms with Crippen molar-refractivity contribution in [3.05, 3.63) is 12.3 Å². The van der Waals surface area contributed by atoms with Crippen molar-refractivity contribution in [2.24, 2.45) is 12.5 Å². The largest absolute Gasteiger partial charge is 0.260 e. The summed E-state index contributed by atoms with van der Waals surface area (Å²) in [6.45, 7) is 2.70. The van der Waals surface area contributed by atoms with E-state index in [1.807, 2.05) is 6.92 Å². The molecule has 18 heavy (non-hydrogen) atoms. The minimum atomic E-state index is -3.39. The van der Waals surface area contributed by atoms with E-state index in [1.54, 1.807) is 17.4 Å². The average molecular weight is 269 g/mol. The predicted molar refractivity (Wildman–Crippen MR) is 67.5 cm³/mol. The van der Waals surface area contributed by atoms with Gasteiger partial charge in [0.2, 0.25) is 0 Å². The highest BCUT2D eigenvalue weighted by atomic mass is 32.2. The first-order valence-corrected chi connectivity index (χ1v) is 7.89. The Bertz CT molecular complexity index is 560. The van der Waals surface area contributed by atoms with Crippen molar-refractivity contribution in [2.75, 3.05) is 6.54 Å². The van der Waals surface area contributed by atoms with Gasteiger partial charge in [0.15, 0.2) is 5.03 Å². The fourth-order valence-corrected chi connectivity index (χ4v) is 5.22. The van der Waals surface area contributed by atoms with Gasteiger partial charge >= 0.3 is 0 Å². The van der Waals surface area contributed by atoms with Crippen LogP contribution in [-0.2, 0) is 17.1 Å². The second kappa shape index (κ2) is 3.81. The normalized spacial score (nSPS) is 27.6. The van der Waals surface area contributed by atoms with Crippen LogP contribution in [0.15, 0.2) is 17.3 Å². The van der Waals surface area contributed by atoms with Crippen LogP contribution in [0.3, 0.4) is 0 Å². The molecular formula is C12H19N3O2S. The van der Waals surface area contributed by atoms with Gasteiger partial charge in [0.05, 0.1) is 6.20 Å². The van der Waals surface area contributed by atoms with E-state index in [0.717, 1.165) is 6.42 Å². The molecule has 2 fully saturated rings. The molecule has 0 radical (unpaired) electrons. The number of rotatable bonds is 2. The highest BCUT2D eigenvalue weighted by molar-refractivity contribution is 7.89. The maximum absolute atomic E-state index is 12.6. The number of nitrogens with zero attached hydrogens (tertiary/aromatic N) is 3. The Morgan fingerprint density at radius 1 is 1.44 bits per heavy atom. The van der Waals surface area contributed by atoms with Gasteiger partial charge < -0.3 is 0 Å². The van der Waals surface area contributed by atoms with E-state index in [-0.39, 0.29) is 11.5 Å². The standard InChI is InChI=1S/C12H19N3O2S/c1-10-8-12(5-3-6-12)9-15(10)18(16,17)11-4-7-13-14(11)2/h4,7,10H,3,5-6,8-9H2,1-2H3. The summed E-state index contributed by atoms with van der Waals surface area (Å²) >= 11 is 0. The number of sulfonamides is 1. The Balaban J connectivity index is 1.93. The molecule has 6 heteroatoms. The summed E-state index contributed by atoms with van der Waals surface area (Å²) in [6, 6.07) is 1.68. The first kappa shape index (κ1) is 12.2. The van der Waals surface area contributed by atoms with Crippen LogP contribution in [0, 0.1) is 5.41 Å². The summed E-state index contributed by atoms with van der Waals surface area (Å²) < 4.78 is 28.3. The zero-order valence-electron chi connectivity index (χ0n) is 10.8. The molecule has 1 saturated heterocycles. The molecule has 1 atom stereocenters. The van der Waals surface area contributed by atoms with Crippen molar-refractivity contribution >= 4 is 10.0 Å². The first-order chi connectivity index (χ1) is 8.45. The van der Waals surface area contributed by atoms with Crippen LogP contribution in [0.2, 0.25) is 0 Å². The number of hydrogen-bond acceptors (Lipinski definition) is 3. The molecule has 0 N–H and O–H groups in total. The van der Waals surface area contributed by atoms with Gasteiger partial charge in [-0.15, -0.1) is 0 Å². The van der Waals surface area contributed by atoms with Crippen molar-refractivity contribution in [1.29, 1.82) is 0 Å². The summed E-state index contributed by atoms with van der Waals surface area (Å²) in [4.78, 5) is 0. The van der Waals surface area contributed by atoms with Gasteiger partial charge in [-0.1, -0.05) is 6.42 Å². The number of hydrogen-bond donors (Lipinski definition) is 0. The Kier molecular flexibility index (Phi) is 2.57. The molecule has 100 valence electrons. The van der Waals surface area contributed by atoms with Gasteiger partial charge in [0, 0.05) is 19.6 Å². The quantitative estimate of drug-likeness (QED) is 0.815. The van der Waals surface area contributed by atoms with Gasteiger partial charge in [-0.3, -0.25) is 4.68 Å². The van der Waals surface area contributed by atoms with Crippen molar-refractivity contribution in [2.45, 2.75) is 43.7 Å². The second-order valence-electron chi connectivity index (χ2n) is 5.75. The van der Waals surface area contributed by atoms with E-state index in [4.69, 9.17) is 0 Å². The van der Waals surface area contributed by atoms with Gasteiger partial charge in [-0.05, 0) is 37.7 Å². The van der Waals surface area contributed by atoms with E-state index in [2.05, 4.69) is 5.10 Å². The van der Waals surface area contributed by atoms with Gasteiger partial charge in [0.1, 0.15) is 0 Å². The molecule has 1 aromatic heterocycles. The molecule has 1 aliphatic carbocycles. The Morgan fingerprint density at radius 2 is 2.17 bits per heavy atom. The summed E-state index contributed by atoms with van der Waals surface area (Å²) in [7, 11) is -1.72. The van der Waals surface area contributed by atoms with Gasteiger partial charge in [-0.2, -0.15) is 9.40 Å². The van der Waals surface area contributed by atoms with E-state index in [1.165, 1.54) is 30.1 Å².